The summed E-state index contributed by atoms with van der Waals surface area (Å²) in [6.45, 7) is 4.48. The van der Waals surface area contributed by atoms with Gasteiger partial charge in [0, 0.05) is 25.2 Å². The van der Waals surface area contributed by atoms with Crippen LogP contribution in [0.2, 0.25) is 0 Å². The van der Waals surface area contributed by atoms with Crippen LogP contribution in [0.4, 0.5) is 0 Å². The lowest BCUT2D eigenvalue weighted by molar-refractivity contribution is 0.262. The summed E-state index contributed by atoms with van der Waals surface area (Å²) in [6, 6.07) is 1.31. The Morgan fingerprint density at radius 2 is 2.00 bits per heavy atom. The van der Waals surface area contributed by atoms with E-state index in [0.717, 1.165) is 18.2 Å². The van der Waals surface area contributed by atoms with Crippen LogP contribution in [0.25, 0.3) is 0 Å². The van der Waals surface area contributed by atoms with Gasteiger partial charge in [-0.3, -0.25) is 0 Å². The highest BCUT2D eigenvalue weighted by Gasteiger charge is 2.33. The summed E-state index contributed by atoms with van der Waals surface area (Å²) in [5, 5.41) is 4.38. The lowest BCUT2D eigenvalue weighted by atomic mass is 10.1. The molecule has 0 aromatic carbocycles. The largest absolute Gasteiger partial charge is 0.360 e. The monoisotopic (exact) mass is 227 g/mol. The van der Waals surface area contributed by atoms with Gasteiger partial charge in [0.2, 0.25) is 0 Å². The van der Waals surface area contributed by atoms with Gasteiger partial charge in [-0.15, -0.1) is 0 Å². The van der Waals surface area contributed by atoms with Gasteiger partial charge in [-0.1, -0.05) is 6.92 Å². The number of likely N-dealkylation sites (tertiary alicyclic amines) is 1. The maximum absolute atomic E-state index is 5.42. The average molecular weight is 227 g/mol. The predicted molar refractivity (Wildman–Crippen MR) is 67.0 cm³/mol. The molecule has 2 aliphatic rings. The van der Waals surface area contributed by atoms with Crippen molar-refractivity contribution < 1.29 is 0 Å². The Hall–Kier alpha value is -0.350. The molecule has 2 fully saturated rings. The number of thiocarbonyl (C=S) groups is 1. The standard InChI is InChI=1S/C11H21N3S/c1-8-6-14(7-10(8)13(2)3)11(15)12-9-4-5-9/h8-10H,4-7H2,1-3H3,(H,12,15). The van der Waals surface area contributed by atoms with Crippen molar-refractivity contribution in [3.8, 4) is 0 Å². The summed E-state index contributed by atoms with van der Waals surface area (Å²) >= 11 is 5.42. The van der Waals surface area contributed by atoms with Gasteiger partial charge >= 0.3 is 0 Å². The molecule has 2 unspecified atom stereocenters. The second-order valence-corrected chi connectivity index (χ2v) is 5.52. The molecule has 0 spiro atoms. The molecule has 15 heavy (non-hydrogen) atoms. The van der Waals surface area contributed by atoms with Crippen LogP contribution in [-0.4, -0.2) is 54.2 Å². The molecule has 0 radical (unpaired) electrons. The van der Waals surface area contributed by atoms with Gasteiger partial charge in [0.15, 0.2) is 5.11 Å². The molecule has 1 heterocycles. The van der Waals surface area contributed by atoms with E-state index in [-0.39, 0.29) is 0 Å². The minimum atomic E-state index is 0.643. The number of hydrogen-bond donors (Lipinski definition) is 1. The summed E-state index contributed by atoms with van der Waals surface area (Å²) < 4.78 is 0. The Kier molecular flexibility index (Phi) is 3.16. The van der Waals surface area contributed by atoms with Crippen LogP contribution in [0.1, 0.15) is 19.8 Å². The minimum Gasteiger partial charge on any atom is -0.360 e. The second-order valence-electron chi connectivity index (χ2n) is 5.14. The highest BCUT2D eigenvalue weighted by Crippen LogP contribution is 2.22. The van der Waals surface area contributed by atoms with Crippen LogP contribution < -0.4 is 5.32 Å². The summed E-state index contributed by atoms with van der Waals surface area (Å²) in [6.07, 6.45) is 2.58. The third kappa shape index (κ3) is 2.61. The van der Waals surface area contributed by atoms with Crippen LogP contribution in [0, 0.1) is 5.92 Å². The lowest BCUT2D eigenvalue weighted by Crippen LogP contribution is -2.41. The summed E-state index contributed by atoms with van der Waals surface area (Å²) in [5.41, 5.74) is 0. The van der Waals surface area contributed by atoms with Gasteiger partial charge in [0.1, 0.15) is 0 Å². The smallest absolute Gasteiger partial charge is 0.169 e. The molecule has 2 atom stereocenters. The average Bonchev–Trinajstić information content (AvgIpc) is 2.86. The van der Waals surface area contributed by atoms with Crippen molar-refractivity contribution in [1.82, 2.24) is 15.1 Å². The zero-order chi connectivity index (χ0) is 11.0. The van der Waals surface area contributed by atoms with Crippen molar-refractivity contribution >= 4 is 17.3 Å². The van der Waals surface area contributed by atoms with E-state index in [0.29, 0.717) is 18.0 Å². The zero-order valence-corrected chi connectivity index (χ0v) is 10.7. The number of likely N-dealkylation sites (N-methyl/N-ethyl adjacent to an activating group) is 1. The van der Waals surface area contributed by atoms with Crippen LogP contribution in [0.5, 0.6) is 0 Å². The fraction of sp³-hybridized carbons (Fsp3) is 0.909. The first kappa shape index (κ1) is 11.1. The molecule has 0 amide bonds. The van der Waals surface area contributed by atoms with Crippen molar-refractivity contribution in [2.45, 2.75) is 31.8 Å². The molecule has 0 aromatic heterocycles. The Labute approximate surface area is 97.8 Å². The molecular weight excluding hydrogens is 206 g/mol. The van der Waals surface area contributed by atoms with Crippen molar-refractivity contribution in [2.75, 3.05) is 27.2 Å². The molecular formula is C11H21N3S. The van der Waals surface area contributed by atoms with E-state index in [2.05, 4.69) is 36.1 Å². The number of rotatable bonds is 2. The summed E-state index contributed by atoms with van der Waals surface area (Å²) in [4.78, 5) is 4.63. The van der Waals surface area contributed by atoms with Gasteiger partial charge in [-0.05, 0) is 45.1 Å². The van der Waals surface area contributed by atoms with Gasteiger partial charge in [0.25, 0.3) is 0 Å². The zero-order valence-electron chi connectivity index (χ0n) is 9.86. The van der Waals surface area contributed by atoms with E-state index in [1.807, 2.05) is 0 Å². The molecule has 4 heteroatoms. The van der Waals surface area contributed by atoms with Crippen molar-refractivity contribution in [1.29, 1.82) is 0 Å². The third-order valence-corrected chi connectivity index (χ3v) is 3.80. The number of hydrogen-bond acceptors (Lipinski definition) is 2. The van der Waals surface area contributed by atoms with E-state index >= 15 is 0 Å². The van der Waals surface area contributed by atoms with E-state index < -0.39 is 0 Å². The van der Waals surface area contributed by atoms with Crippen molar-refractivity contribution in [2.24, 2.45) is 5.92 Å². The number of nitrogens with zero attached hydrogens (tertiary/aromatic N) is 2. The molecule has 1 saturated heterocycles. The maximum Gasteiger partial charge on any atom is 0.169 e. The van der Waals surface area contributed by atoms with Crippen molar-refractivity contribution in [3.05, 3.63) is 0 Å². The van der Waals surface area contributed by atoms with E-state index in [4.69, 9.17) is 12.2 Å². The third-order valence-electron chi connectivity index (χ3n) is 3.43. The first-order chi connectivity index (χ1) is 7.08. The molecule has 86 valence electrons. The summed E-state index contributed by atoms with van der Waals surface area (Å²) in [5.74, 6) is 0.707. The van der Waals surface area contributed by atoms with Crippen LogP contribution in [-0.2, 0) is 0 Å². The maximum atomic E-state index is 5.42. The Morgan fingerprint density at radius 3 is 2.47 bits per heavy atom. The molecule has 3 nitrogen and oxygen atoms in total. The first-order valence-corrected chi connectivity index (χ1v) is 6.20. The quantitative estimate of drug-likeness (QED) is 0.706. The lowest BCUT2D eigenvalue weighted by Gasteiger charge is -2.23. The van der Waals surface area contributed by atoms with Crippen LogP contribution >= 0.6 is 12.2 Å². The van der Waals surface area contributed by atoms with E-state index in [1.54, 1.807) is 0 Å². The van der Waals surface area contributed by atoms with Crippen LogP contribution in [0.3, 0.4) is 0 Å². The van der Waals surface area contributed by atoms with Gasteiger partial charge in [-0.25, -0.2) is 0 Å². The normalized spacial score (nSPS) is 31.1. The fourth-order valence-electron chi connectivity index (χ4n) is 2.28. The molecule has 1 aliphatic heterocycles. The molecule has 1 saturated carbocycles. The molecule has 1 N–H and O–H groups in total. The summed E-state index contributed by atoms with van der Waals surface area (Å²) in [7, 11) is 4.31. The predicted octanol–water partition coefficient (Wildman–Crippen LogP) is 0.905. The van der Waals surface area contributed by atoms with Crippen LogP contribution in [0.15, 0.2) is 0 Å². The minimum absolute atomic E-state index is 0.643. The van der Waals surface area contributed by atoms with E-state index in [1.165, 1.54) is 12.8 Å². The first-order valence-electron chi connectivity index (χ1n) is 5.80. The van der Waals surface area contributed by atoms with Gasteiger partial charge < -0.3 is 15.1 Å². The molecule has 1 aliphatic carbocycles. The van der Waals surface area contributed by atoms with Crippen molar-refractivity contribution in [3.63, 3.8) is 0 Å². The molecule has 0 aromatic rings. The Balaban J connectivity index is 1.86. The Bertz CT molecular complexity index is 250. The molecule has 0 bridgehead atoms. The van der Waals surface area contributed by atoms with E-state index in [9.17, 15) is 0 Å². The second kappa shape index (κ2) is 4.26. The number of nitrogens with one attached hydrogen (secondary N) is 1. The molecule has 2 rings (SSSR count). The SMILES string of the molecule is CC1CN(C(=S)NC2CC2)CC1N(C)C. The Morgan fingerprint density at radius 1 is 1.33 bits per heavy atom. The van der Waals surface area contributed by atoms with Gasteiger partial charge in [0.05, 0.1) is 0 Å². The van der Waals surface area contributed by atoms with Gasteiger partial charge in [-0.2, -0.15) is 0 Å². The topological polar surface area (TPSA) is 18.5 Å². The highest BCUT2D eigenvalue weighted by atomic mass is 32.1. The fourth-order valence-corrected chi connectivity index (χ4v) is 2.60. The highest BCUT2D eigenvalue weighted by molar-refractivity contribution is 7.80.